The predicted molar refractivity (Wildman–Crippen MR) is 116 cm³/mol. The minimum absolute atomic E-state index is 0.00815. The van der Waals surface area contributed by atoms with Crippen LogP contribution in [0, 0.1) is 0 Å². The summed E-state index contributed by atoms with van der Waals surface area (Å²) < 4.78 is 0. The number of nitrogens with two attached hydrogens (primary N) is 1. The predicted octanol–water partition coefficient (Wildman–Crippen LogP) is 2.80. The summed E-state index contributed by atoms with van der Waals surface area (Å²) in [6.07, 6.45) is 2.59. The van der Waals surface area contributed by atoms with Crippen LogP contribution in [0.15, 0.2) is 36.4 Å². The summed E-state index contributed by atoms with van der Waals surface area (Å²) in [5.74, 6) is 0.640. The van der Waals surface area contributed by atoms with E-state index < -0.39 is 12.0 Å². The topological polar surface area (TPSA) is 87.4 Å². The van der Waals surface area contributed by atoms with Gasteiger partial charge in [0, 0.05) is 36.0 Å². The summed E-state index contributed by atoms with van der Waals surface area (Å²) in [4.78, 5) is 11.4. The van der Waals surface area contributed by atoms with Crippen LogP contribution >= 0.6 is 24.4 Å². The lowest BCUT2D eigenvalue weighted by Gasteiger charge is -2.17. The molecule has 0 unspecified atom stereocenters. The molecule has 2 aromatic rings. The molecule has 0 heterocycles. The van der Waals surface area contributed by atoms with Gasteiger partial charge in [-0.2, -0.15) is 24.4 Å². The van der Waals surface area contributed by atoms with Gasteiger partial charge in [-0.05, 0) is 35.4 Å². The Bertz CT molecular complexity index is 727. The normalized spacial score (nSPS) is 13.5. The summed E-state index contributed by atoms with van der Waals surface area (Å²) in [6, 6.07) is 11.7. The molecule has 0 fully saturated rings. The Kier molecular flexibility index (Phi) is 8.58. The van der Waals surface area contributed by atoms with Crippen molar-refractivity contribution < 1.29 is 9.90 Å². The van der Waals surface area contributed by atoms with Crippen molar-refractivity contribution >= 4 is 46.8 Å². The van der Waals surface area contributed by atoms with E-state index in [4.69, 9.17) is 5.73 Å². The molecule has 5 N–H and O–H groups in total. The van der Waals surface area contributed by atoms with E-state index in [1.165, 1.54) is 0 Å². The van der Waals surface area contributed by atoms with Crippen LogP contribution in [0.2, 0.25) is 0 Å². The highest BCUT2D eigenvalue weighted by Gasteiger charge is 2.16. The lowest BCUT2D eigenvalue weighted by Crippen LogP contribution is -2.36. The van der Waals surface area contributed by atoms with Crippen LogP contribution in [-0.2, 0) is 11.3 Å². The molecule has 0 saturated heterocycles. The zero-order valence-corrected chi connectivity index (χ0v) is 16.7. The molecule has 2 atom stereocenters. The molecule has 2 aromatic carbocycles. The Labute approximate surface area is 164 Å². The number of fused-ring (bicyclic) bond motifs is 1. The highest BCUT2D eigenvalue weighted by Crippen LogP contribution is 2.26. The second-order valence-electron chi connectivity index (χ2n) is 6.19. The van der Waals surface area contributed by atoms with Gasteiger partial charge in [0.15, 0.2) is 0 Å². The van der Waals surface area contributed by atoms with Crippen molar-refractivity contribution in [1.29, 1.82) is 0 Å². The van der Waals surface area contributed by atoms with E-state index in [0.717, 1.165) is 27.8 Å². The Morgan fingerprint density at radius 2 is 2.00 bits per heavy atom. The van der Waals surface area contributed by atoms with Gasteiger partial charge >= 0.3 is 5.97 Å². The number of nitrogens with one attached hydrogen (secondary N) is 2. The van der Waals surface area contributed by atoms with Crippen LogP contribution in [0.3, 0.4) is 0 Å². The van der Waals surface area contributed by atoms with Crippen molar-refractivity contribution in [1.82, 2.24) is 5.32 Å². The number of hydrogen-bond donors (Lipinski definition) is 5. The largest absolute Gasteiger partial charge is 0.480 e. The van der Waals surface area contributed by atoms with E-state index in [0.29, 0.717) is 25.3 Å². The third kappa shape index (κ3) is 5.81. The molecule has 0 spiro atoms. The van der Waals surface area contributed by atoms with Crippen molar-refractivity contribution in [3.8, 4) is 0 Å². The first-order chi connectivity index (χ1) is 12.6. The maximum absolute atomic E-state index is 11.4. The number of thioether (sulfide) groups is 1. The molecular weight excluding hydrogens is 366 g/mol. The van der Waals surface area contributed by atoms with Gasteiger partial charge in [-0.1, -0.05) is 30.3 Å². The van der Waals surface area contributed by atoms with Gasteiger partial charge in [-0.15, -0.1) is 0 Å². The number of carboxylic acid groups (broad SMARTS) is 1. The summed E-state index contributed by atoms with van der Waals surface area (Å²) in [6.45, 7) is 1.17. The first-order valence-corrected chi connectivity index (χ1v) is 10.7. The molecule has 0 saturated carbocycles. The quantitative estimate of drug-likeness (QED) is 0.377. The van der Waals surface area contributed by atoms with Crippen LogP contribution in [0.4, 0.5) is 5.69 Å². The monoisotopic (exact) mass is 393 g/mol. The number of hydrogen-bond acceptors (Lipinski definition) is 6. The summed E-state index contributed by atoms with van der Waals surface area (Å²) in [5, 5.41) is 18.2. The Morgan fingerprint density at radius 1 is 1.27 bits per heavy atom. The van der Waals surface area contributed by atoms with Gasteiger partial charge in [0.1, 0.15) is 6.04 Å². The molecular formula is C19H27N3O2S2. The number of thiol groups is 1. The molecule has 0 aromatic heterocycles. The highest BCUT2D eigenvalue weighted by molar-refractivity contribution is 7.98. The third-order valence-corrected chi connectivity index (χ3v) is 5.36. The Balaban J connectivity index is 2.16. The maximum atomic E-state index is 11.4. The van der Waals surface area contributed by atoms with Crippen molar-refractivity contribution in [3.05, 3.63) is 42.0 Å². The van der Waals surface area contributed by atoms with E-state index >= 15 is 0 Å². The molecule has 0 bridgehead atoms. The number of carbonyl (C=O) groups is 1. The minimum atomic E-state index is -0.803. The zero-order valence-electron chi connectivity index (χ0n) is 14.9. The fourth-order valence-electron chi connectivity index (χ4n) is 2.77. The number of rotatable bonds is 11. The van der Waals surface area contributed by atoms with Crippen LogP contribution in [0.5, 0.6) is 0 Å². The molecule has 5 nitrogen and oxygen atoms in total. The summed E-state index contributed by atoms with van der Waals surface area (Å²) in [5.41, 5.74) is 8.05. The molecule has 0 amide bonds. The van der Waals surface area contributed by atoms with Crippen molar-refractivity contribution in [2.75, 3.05) is 29.6 Å². The van der Waals surface area contributed by atoms with Gasteiger partial charge in [-0.25, -0.2) is 0 Å². The fourth-order valence-corrected chi connectivity index (χ4v) is 3.37. The summed E-state index contributed by atoms with van der Waals surface area (Å²) >= 11 is 5.87. The lowest BCUT2D eigenvalue weighted by molar-refractivity contribution is -0.139. The van der Waals surface area contributed by atoms with Gasteiger partial charge in [0.05, 0.1) is 0 Å². The molecule has 142 valence electrons. The lowest BCUT2D eigenvalue weighted by atomic mass is 10.0. The average molecular weight is 394 g/mol. The molecule has 7 heteroatoms. The molecule has 26 heavy (non-hydrogen) atoms. The second kappa shape index (κ2) is 10.7. The van der Waals surface area contributed by atoms with E-state index in [-0.39, 0.29) is 6.04 Å². The molecule has 0 aliphatic heterocycles. The smallest absolute Gasteiger partial charge is 0.320 e. The van der Waals surface area contributed by atoms with Gasteiger partial charge in [0.2, 0.25) is 0 Å². The second-order valence-corrected chi connectivity index (χ2v) is 7.55. The standard InChI is InChI=1S/C19H27N3O2S2/c1-26-9-8-18(19(23)24)21-10-13-4-2-6-16-15(13)5-3-7-17(16)22-11-14(20)12-25/h2-7,14,18,21-22,25H,8-12,20H2,1H3,(H,23,24)/t14-,18+/m1/s1. The number of benzene rings is 2. The van der Waals surface area contributed by atoms with E-state index in [9.17, 15) is 9.90 Å². The number of aliphatic carboxylic acids is 1. The van der Waals surface area contributed by atoms with Crippen molar-refractivity contribution in [2.45, 2.75) is 25.0 Å². The molecule has 0 radical (unpaired) electrons. The van der Waals surface area contributed by atoms with Crippen LogP contribution < -0.4 is 16.4 Å². The zero-order chi connectivity index (χ0) is 18.9. The van der Waals surface area contributed by atoms with E-state index in [1.54, 1.807) is 11.8 Å². The first-order valence-electron chi connectivity index (χ1n) is 8.63. The third-order valence-electron chi connectivity index (χ3n) is 4.25. The summed E-state index contributed by atoms with van der Waals surface area (Å²) in [7, 11) is 0. The van der Waals surface area contributed by atoms with E-state index in [1.807, 2.05) is 30.5 Å². The molecule has 0 aliphatic rings. The van der Waals surface area contributed by atoms with Crippen LogP contribution in [-0.4, -0.2) is 47.5 Å². The van der Waals surface area contributed by atoms with Gasteiger partial charge in [-0.3, -0.25) is 4.79 Å². The van der Waals surface area contributed by atoms with Crippen LogP contribution in [0.25, 0.3) is 10.8 Å². The Morgan fingerprint density at radius 3 is 2.69 bits per heavy atom. The average Bonchev–Trinajstić information content (AvgIpc) is 2.65. The SMILES string of the molecule is CSCC[C@H](NCc1cccc2c(NC[C@@H](N)CS)cccc12)C(=O)O. The molecule has 0 aliphatic carbocycles. The van der Waals surface area contributed by atoms with E-state index in [2.05, 4.69) is 35.4 Å². The number of carboxylic acids is 1. The van der Waals surface area contributed by atoms with Gasteiger partial charge < -0.3 is 21.5 Å². The minimum Gasteiger partial charge on any atom is -0.480 e. The Hall–Kier alpha value is -1.41. The molecule has 2 rings (SSSR count). The van der Waals surface area contributed by atoms with Crippen molar-refractivity contribution in [3.63, 3.8) is 0 Å². The highest BCUT2D eigenvalue weighted by atomic mass is 32.2. The van der Waals surface area contributed by atoms with Crippen LogP contribution in [0.1, 0.15) is 12.0 Å². The van der Waals surface area contributed by atoms with Crippen molar-refractivity contribution in [2.24, 2.45) is 5.73 Å². The fraction of sp³-hybridized carbons (Fsp3) is 0.421. The number of anilines is 1. The first kappa shape index (κ1) is 20.9. The van der Waals surface area contributed by atoms with Gasteiger partial charge in [0.25, 0.3) is 0 Å². The maximum Gasteiger partial charge on any atom is 0.320 e.